The van der Waals surface area contributed by atoms with Gasteiger partial charge in [0.05, 0.1) is 11.9 Å². The minimum atomic E-state index is -0.376. The van der Waals surface area contributed by atoms with E-state index in [0.29, 0.717) is 0 Å². The Morgan fingerprint density at radius 2 is 2.13 bits per heavy atom. The van der Waals surface area contributed by atoms with Gasteiger partial charge in [-0.05, 0) is 30.3 Å². The molecule has 0 bridgehead atoms. The van der Waals surface area contributed by atoms with Crippen molar-refractivity contribution in [1.29, 1.82) is 0 Å². The van der Waals surface area contributed by atoms with Gasteiger partial charge < -0.3 is 4.90 Å². The van der Waals surface area contributed by atoms with Gasteiger partial charge in [-0.2, -0.15) is 0 Å². The number of hydrogen-bond acceptors (Lipinski definition) is 4. The predicted molar refractivity (Wildman–Crippen MR) is 94.1 cm³/mol. The maximum absolute atomic E-state index is 12.5. The lowest BCUT2D eigenvalue weighted by Crippen LogP contribution is -2.43. The number of rotatable bonds is 1. The maximum atomic E-state index is 12.5. The third-order valence-corrected chi connectivity index (χ3v) is 5.68. The third kappa shape index (κ3) is 1.99. The molecular formula is C18H19N3OS. The molecule has 1 aliphatic carbocycles. The zero-order chi connectivity index (χ0) is 16.2. The van der Waals surface area contributed by atoms with Gasteiger partial charge in [0.15, 0.2) is 5.12 Å². The summed E-state index contributed by atoms with van der Waals surface area (Å²) >= 11 is 1.28. The molecule has 5 heteroatoms. The molecule has 1 atom stereocenters. The summed E-state index contributed by atoms with van der Waals surface area (Å²) in [7, 11) is 0. The minimum Gasteiger partial charge on any atom is -0.303 e. The maximum Gasteiger partial charge on any atom is 0.216 e. The van der Waals surface area contributed by atoms with Crippen LogP contribution in [0.5, 0.6) is 0 Å². The highest BCUT2D eigenvalue weighted by Crippen LogP contribution is 2.50. The van der Waals surface area contributed by atoms with E-state index >= 15 is 0 Å². The van der Waals surface area contributed by atoms with Crippen molar-refractivity contribution in [1.82, 2.24) is 9.55 Å². The molecule has 0 saturated heterocycles. The van der Waals surface area contributed by atoms with Crippen LogP contribution < -0.4 is 4.90 Å². The normalized spacial score (nSPS) is 24.3. The van der Waals surface area contributed by atoms with Crippen molar-refractivity contribution < 1.29 is 4.79 Å². The quantitative estimate of drug-likeness (QED) is 0.732. The highest BCUT2D eigenvalue weighted by Gasteiger charge is 2.48. The molecule has 0 N–H and O–H groups in total. The monoisotopic (exact) mass is 325 g/mol. The van der Waals surface area contributed by atoms with Crippen LogP contribution in [-0.4, -0.2) is 20.2 Å². The summed E-state index contributed by atoms with van der Waals surface area (Å²) in [6, 6.07) is 0. The molecule has 0 radical (unpaired) electrons. The minimum absolute atomic E-state index is 0.150. The Morgan fingerprint density at radius 3 is 2.91 bits per heavy atom. The fraction of sp³-hybridized carbons (Fsp3) is 0.333. The number of imidazole rings is 1. The van der Waals surface area contributed by atoms with Crippen LogP contribution >= 0.6 is 11.8 Å². The predicted octanol–water partition coefficient (Wildman–Crippen LogP) is 3.99. The number of hydrogen-bond donors (Lipinski definition) is 0. The summed E-state index contributed by atoms with van der Waals surface area (Å²) in [5.74, 6) is 0.879. The van der Waals surface area contributed by atoms with E-state index in [4.69, 9.17) is 0 Å². The van der Waals surface area contributed by atoms with Gasteiger partial charge in [0.1, 0.15) is 10.6 Å². The molecule has 1 aromatic heterocycles. The first-order valence-corrected chi connectivity index (χ1v) is 8.58. The Labute approximate surface area is 140 Å². The first kappa shape index (κ1) is 14.6. The van der Waals surface area contributed by atoms with E-state index in [-0.39, 0.29) is 16.1 Å². The van der Waals surface area contributed by atoms with Crippen molar-refractivity contribution in [2.45, 2.75) is 37.8 Å². The lowest BCUT2D eigenvalue weighted by Gasteiger charge is -2.37. The van der Waals surface area contributed by atoms with Crippen molar-refractivity contribution in [2.75, 3.05) is 4.90 Å². The summed E-state index contributed by atoms with van der Waals surface area (Å²) in [6.45, 7) is 5.84. The van der Waals surface area contributed by atoms with E-state index in [1.165, 1.54) is 11.8 Å². The number of aromatic nitrogens is 2. The summed E-state index contributed by atoms with van der Waals surface area (Å²) in [4.78, 5) is 19.3. The van der Waals surface area contributed by atoms with Crippen LogP contribution in [0.15, 0.2) is 53.9 Å². The van der Waals surface area contributed by atoms with Gasteiger partial charge >= 0.3 is 0 Å². The Bertz CT molecular complexity index is 807. The van der Waals surface area contributed by atoms with E-state index in [9.17, 15) is 4.79 Å². The highest BCUT2D eigenvalue weighted by molar-refractivity contribution is 8.13. The molecule has 3 aliphatic rings. The van der Waals surface area contributed by atoms with E-state index < -0.39 is 0 Å². The standard InChI is InChI=1S/C18H19N3OS/c1-17(2,3)15(22)23-14-12-19-16-20-11-7-6-10-18(20)9-5-4-8-13(18)21(14)16/h4-8,10-12H,9H2,1-3H3. The Balaban J connectivity index is 1.82. The second-order valence-corrected chi connectivity index (χ2v) is 8.04. The Morgan fingerprint density at radius 1 is 1.30 bits per heavy atom. The first-order chi connectivity index (χ1) is 10.9. The van der Waals surface area contributed by atoms with Gasteiger partial charge in [0.2, 0.25) is 5.95 Å². The van der Waals surface area contributed by atoms with Crippen molar-refractivity contribution >= 4 is 28.5 Å². The van der Waals surface area contributed by atoms with Crippen LogP contribution in [0, 0.1) is 5.41 Å². The molecule has 23 heavy (non-hydrogen) atoms. The number of carbonyl (C=O) groups is 1. The molecule has 4 nitrogen and oxygen atoms in total. The molecule has 0 aromatic carbocycles. The van der Waals surface area contributed by atoms with Gasteiger partial charge in [-0.1, -0.05) is 45.1 Å². The van der Waals surface area contributed by atoms with Crippen molar-refractivity contribution in [3.8, 4) is 0 Å². The largest absolute Gasteiger partial charge is 0.303 e. The number of fused-ring (bicyclic) bond motifs is 3. The molecule has 3 heterocycles. The number of nitrogens with zero attached hydrogens (tertiary/aromatic N) is 3. The van der Waals surface area contributed by atoms with Crippen molar-refractivity contribution in [3.05, 3.63) is 48.9 Å². The smallest absolute Gasteiger partial charge is 0.216 e. The van der Waals surface area contributed by atoms with Gasteiger partial charge in [-0.3, -0.25) is 9.36 Å². The summed E-state index contributed by atoms with van der Waals surface area (Å²) in [5, 5.41) is 1.04. The molecule has 118 valence electrons. The van der Waals surface area contributed by atoms with Crippen LogP contribution in [-0.2, 0) is 4.79 Å². The number of thioether (sulfide) groups is 1. The van der Waals surface area contributed by atoms with Crippen LogP contribution in [0.2, 0.25) is 0 Å². The summed E-state index contributed by atoms with van der Waals surface area (Å²) < 4.78 is 2.12. The van der Waals surface area contributed by atoms with Gasteiger partial charge in [0.25, 0.3) is 0 Å². The first-order valence-electron chi connectivity index (χ1n) is 7.76. The van der Waals surface area contributed by atoms with Crippen molar-refractivity contribution in [2.24, 2.45) is 5.41 Å². The molecule has 2 aliphatic heterocycles. The molecule has 4 rings (SSSR count). The van der Waals surface area contributed by atoms with E-state index in [1.54, 1.807) is 6.20 Å². The highest BCUT2D eigenvalue weighted by atomic mass is 32.2. The number of anilines is 1. The number of allylic oxidation sites excluding steroid dienone is 4. The zero-order valence-corrected chi connectivity index (χ0v) is 14.3. The fourth-order valence-electron chi connectivity index (χ4n) is 3.15. The van der Waals surface area contributed by atoms with E-state index in [2.05, 4.69) is 51.0 Å². The van der Waals surface area contributed by atoms with Gasteiger partial charge in [-0.25, -0.2) is 4.98 Å². The SMILES string of the molecule is CC(C)(C)C(=O)Sc1cnc2n1C1=CC=CCC13C=CC=CN23. The van der Waals surface area contributed by atoms with Crippen LogP contribution in [0.1, 0.15) is 27.2 Å². The summed E-state index contributed by atoms with van der Waals surface area (Å²) in [5.41, 5.74) is 0.587. The van der Waals surface area contributed by atoms with E-state index in [1.807, 2.05) is 26.8 Å². The molecular weight excluding hydrogens is 306 g/mol. The molecule has 1 aromatic rings. The molecule has 0 amide bonds. The van der Waals surface area contributed by atoms with E-state index in [0.717, 1.165) is 23.1 Å². The lowest BCUT2D eigenvalue weighted by molar-refractivity contribution is -0.117. The van der Waals surface area contributed by atoms with Gasteiger partial charge in [0, 0.05) is 11.6 Å². The number of carbonyl (C=O) groups excluding carboxylic acids is 1. The second kappa shape index (κ2) is 4.74. The topological polar surface area (TPSA) is 38.1 Å². The zero-order valence-electron chi connectivity index (χ0n) is 13.5. The Kier molecular flexibility index (Phi) is 3.00. The Hall–Kier alpha value is -2.01. The lowest BCUT2D eigenvalue weighted by atomic mass is 9.85. The van der Waals surface area contributed by atoms with Gasteiger partial charge in [-0.15, -0.1) is 0 Å². The molecule has 0 saturated carbocycles. The van der Waals surface area contributed by atoms with Crippen LogP contribution in [0.3, 0.4) is 0 Å². The van der Waals surface area contributed by atoms with Crippen molar-refractivity contribution in [3.63, 3.8) is 0 Å². The molecule has 1 unspecified atom stereocenters. The third-order valence-electron chi connectivity index (χ3n) is 4.39. The second-order valence-electron chi connectivity index (χ2n) is 7.05. The van der Waals surface area contributed by atoms with Crippen LogP contribution in [0.4, 0.5) is 5.95 Å². The molecule has 0 fully saturated rings. The van der Waals surface area contributed by atoms with Crippen LogP contribution in [0.25, 0.3) is 5.70 Å². The fourth-order valence-corrected chi connectivity index (χ4v) is 4.02. The molecule has 1 spiro atoms. The summed E-state index contributed by atoms with van der Waals surface area (Å²) in [6.07, 6.45) is 17.5. The average molecular weight is 325 g/mol. The average Bonchev–Trinajstić information content (AvgIpc) is 3.02.